The van der Waals surface area contributed by atoms with Gasteiger partial charge in [-0.1, -0.05) is 49.9 Å². The molecule has 2 amide bonds. The molecule has 0 saturated carbocycles. The molecule has 7 heteroatoms. The lowest BCUT2D eigenvalue weighted by Crippen LogP contribution is -2.28. The predicted octanol–water partition coefficient (Wildman–Crippen LogP) is 3.94. The Morgan fingerprint density at radius 3 is 2.63 bits per heavy atom. The second-order valence-corrected chi connectivity index (χ2v) is 7.36. The number of aromatic nitrogens is 1. The molecule has 0 atom stereocenters. The zero-order chi connectivity index (χ0) is 19.2. The molecule has 0 unspecified atom stereocenters. The molecule has 3 aromatic rings. The van der Waals surface area contributed by atoms with Gasteiger partial charge in [0.2, 0.25) is 5.91 Å². The van der Waals surface area contributed by atoms with Crippen molar-refractivity contribution in [3.05, 3.63) is 54.1 Å². The number of carbonyl (C=O) groups excluding carboxylic acids is 2. The van der Waals surface area contributed by atoms with Crippen molar-refractivity contribution in [2.24, 2.45) is 5.92 Å². The SMILES string of the molecule is CC(C)CNC(=O)c1ccccc1NC(=O)CSc1nc2ccccc2o1. The predicted molar refractivity (Wildman–Crippen MR) is 107 cm³/mol. The van der Waals surface area contributed by atoms with Crippen LogP contribution in [0.5, 0.6) is 0 Å². The van der Waals surface area contributed by atoms with Gasteiger partial charge in [-0.05, 0) is 30.2 Å². The third-order valence-corrected chi connectivity index (χ3v) is 4.55. The third kappa shape index (κ3) is 5.10. The lowest BCUT2D eigenvalue weighted by molar-refractivity contribution is -0.113. The number of hydrogen-bond donors (Lipinski definition) is 2. The van der Waals surface area contributed by atoms with Gasteiger partial charge < -0.3 is 15.1 Å². The van der Waals surface area contributed by atoms with Gasteiger partial charge in [0, 0.05) is 6.54 Å². The van der Waals surface area contributed by atoms with Gasteiger partial charge in [-0.25, -0.2) is 4.98 Å². The van der Waals surface area contributed by atoms with Crippen molar-refractivity contribution in [1.29, 1.82) is 0 Å². The first-order valence-electron chi connectivity index (χ1n) is 8.68. The van der Waals surface area contributed by atoms with Crippen LogP contribution in [0.4, 0.5) is 5.69 Å². The van der Waals surface area contributed by atoms with E-state index in [1.807, 2.05) is 38.1 Å². The molecule has 1 heterocycles. The lowest BCUT2D eigenvalue weighted by atomic mass is 10.1. The minimum atomic E-state index is -0.230. The van der Waals surface area contributed by atoms with Gasteiger partial charge >= 0.3 is 0 Å². The maximum Gasteiger partial charge on any atom is 0.257 e. The van der Waals surface area contributed by atoms with Gasteiger partial charge in [-0.2, -0.15) is 0 Å². The van der Waals surface area contributed by atoms with Crippen LogP contribution in [0.25, 0.3) is 11.1 Å². The van der Waals surface area contributed by atoms with Crippen LogP contribution in [0, 0.1) is 5.92 Å². The molecule has 27 heavy (non-hydrogen) atoms. The molecule has 2 aromatic carbocycles. The van der Waals surface area contributed by atoms with Crippen LogP contribution in [-0.2, 0) is 4.79 Å². The van der Waals surface area contributed by atoms with Crippen molar-refractivity contribution in [1.82, 2.24) is 10.3 Å². The minimum absolute atomic E-state index is 0.134. The molecule has 0 radical (unpaired) electrons. The summed E-state index contributed by atoms with van der Waals surface area (Å²) in [6.07, 6.45) is 0. The highest BCUT2D eigenvalue weighted by molar-refractivity contribution is 7.99. The Morgan fingerprint density at radius 1 is 1.11 bits per heavy atom. The smallest absolute Gasteiger partial charge is 0.257 e. The Morgan fingerprint density at radius 2 is 1.85 bits per heavy atom. The van der Waals surface area contributed by atoms with Crippen LogP contribution in [0.15, 0.2) is 58.2 Å². The number of nitrogens with zero attached hydrogens (tertiary/aromatic N) is 1. The molecule has 0 aliphatic carbocycles. The lowest BCUT2D eigenvalue weighted by Gasteiger charge is -2.12. The molecule has 0 fully saturated rings. The highest BCUT2D eigenvalue weighted by atomic mass is 32.2. The molecule has 0 bridgehead atoms. The maximum absolute atomic E-state index is 12.3. The van der Waals surface area contributed by atoms with Crippen molar-refractivity contribution < 1.29 is 14.0 Å². The number of rotatable bonds is 7. The fraction of sp³-hybridized carbons (Fsp3) is 0.250. The van der Waals surface area contributed by atoms with Crippen molar-refractivity contribution in [3.63, 3.8) is 0 Å². The van der Waals surface area contributed by atoms with Gasteiger partial charge in [0.25, 0.3) is 11.1 Å². The fourth-order valence-corrected chi connectivity index (χ4v) is 3.05. The zero-order valence-corrected chi connectivity index (χ0v) is 16.0. The van der Waals surface area contributed by atoms with Crippen LogP contribution in [0.1, 0.15) is 24.2 Å². The zero-order valence-electron chi connectivity index (χ0n) is 15.2. The van der Waals surface area contributed by atoms with E-state index >= 15 is 0 Å². The number of nitrogens with one attached hydrogen (secondary N) is 2. The monoisotopic (exact) mass is 383 g/mol. The van der Waals surface area contributed by atoms with Gasteiger partial charge in [0.05, 0.1) is 17.0 Å². The first-order chi connectivity index (χ1) is 13.0. The Kier molecular flexibility index (Phi) is 6.13. The summed E-state index contributed by atoms with van der Waals surface area (Å²) in [6.45, 7) is 4.63. The standard InChI is InChI=1S/C20H21N3O3S/c1-13(2)11-21-19(25)14-7-3-4-8-15(14)22-18(24)12-27-20-23-16-9-5-6-10-17(16)26-20/h3-10,13H,11-12H2,1-2H3,(H,21,25)(H,22,24). The summed E-state index contributed by atoms with van der Waals surface area (Å²) in [6, 6.07) is 14.4. The first-order valence-corrected chi connectivity index (χ1v) is 9.67. The van der Waals surface area contributed by atoms with Crippen molar-refractivity contribution in [2.75, 3.05) is 17.6 Å². The first kappa shape index (κ1) is 19.0. The molecule has 0 aliphatic heterocycles. The van der Waals surface area contributed by atoms with Crippen molar-refractivity contribution >= 4 is 40.4 Å². The molecule has 140 valence electrons. The average Bonchev–Trinajstić information content (AvgIpc) is 3.08. The summed E-state index contributed by atoms with van der Waals surface area (Å²) in [7, 11) is 0. The Bertz CT molecular complexity index is 919. The fourth-order valence-electron chi connectivity index (χ4n) is 2.41. The number of fused-ring (bicyclic) bond motifs is 1. The van der Waals surface area contributed by atoms with Gasteiger partial charge in [0.1, 0.15) is 5.52 Å². The van der Waals surface area contributed by atoms with Gasteiger partial charge in [-0.15, -0.1) is 0 Å². The van der Waals surface area contributed by atoms with E-state index in [1.165, 1.54) is 11.8 Å². The Balaban J connectivity index is 1.61. The maximum atomic E-state index is 12.3. The highest BCUT2D eigenvalue weighted by Crippen LogP contribution is 2.23. The summed E-state index contributed by atoms with van der Waals surface area (Å²) in [4.78, 5) is 29.0. The molecular formula is C20H21N3O3S. The summed E-state index contributed by atoms with van der Waals surface area (Å²) >= 11 is 1.21. The number of hydrogen-bond acceptors (Lipinski definition) is 5. The van der Waals surface area contributed by atoms with Crippen LogP contribution >= 0.6 is 11.8 Å². The van der Waals surface area contributed by atoms with E-state index in [9.17, 15) is 9.59 Å². The van der Waals surface area contributed by atoms with Crippen LogP contribution in [0.3, 0.4) is 0 Å². The molecule has 6 nitrogen and oxygen atoms in total. The number of benzene rings is 2. The number of anilines is 1. The van der Waals surface area contributed by atoms with Crippen LogP contribution < -0.4 is 10.6 Å². The number of carbonyl (C=O) groups is 2. The largest absolute Gasteiger partial charge is 0.431 e. The van der Waals surface area contributed by atoms with Crippen LogP contribution in [-0.4, -0.2) is 29.1 Å². The Labute approximate surface area is 161 Å². The van der Waals surface area contributed by atoms with E-state index in [1.54, 1.807) is 24.3 Å². The molecule has 0 saturated heterocycles. The third-order valence-electron chi connectivity index (χ3n) is 3.72. The summed E-state index contributed by atoms with van der Waals surface area (Å²) in [5.41, 5.74) is 2.38. The molecule has 1 aromatic heterocycles. The van der Waals surface area contributed by atoms with E-state index < -0.39 is 0 Å². The topological polar surface area (TPSA) is 84.2 Å². The number of thioether (sulfide) groups is 1. The number of amides is 2. The van der Waals surface area contributed by atoms with E-state index in [0.29, 0.717) is 34.5 Å². The number of oxazole rings is 1. The molecule has 0 aliphatic rings. The minimum Gasteiger partial charge on any atom is -0.431 e. The van der Waals surface area contributed by atoms with E-state index in [4.69, 9.17) is 4.42 Å². The second-order valence-electron chi connectivity index (χ2n) is 6.43. The molecule has 0 spiro atoms. The van der Waals surface area contributed by atoms with E-state index in [2.05, 4.69) is 15.6 Å². The van der Waals surface area contributed by atoms with E-state index in [0.717, 1.165) is 5.52 Å². The summed E-state index contributed by atoms with van der Waals surface area (Å²) < 4.78 is 5.59. The van der Waals surface area contributed by atoms with Crippen LogP contribution in [0.2, 0.25) is 0 Å². The van der Waals surface area contributed by atoms with Crippen molar-refractivity contribution in [2.45, 2.75) is 19.1 Å². The van der Waals surface area contributed by atoms with E-state index in [-0.39, 0.29) is 17.6 Å². The van der Waals surface area contributed by atoms with Crippen molar-refractivity contribution in [3.8, 4) is 0 Å². The number of para-hydroxylation sites is 3. The van der Waals surface area contributed by atoms with Gasteiger partial charge in [-0.3, -0.25) is 9.59 Å². The second kappa shape index (κ2) is 8.73. The quantitative estimate of drug-likeness (QED) is 0.604. The normalized spacial score (nSPS) is 10.9. The average molecular weight is 383 g/mol. The highest BCUT2D eigenvalue weighted by Gasteiger charge is 2.14. The molecular weight excluding hydrogens is 362 g/mol. The molecule has 2 N–H and O–H groups in total. The van der Waals surface area contributed by atoms with Gasteiger partial charge in [0.15, 0.2) is 5.58 Å². The summed E-state index contributed by atoms with van der Waals surface area (Å²) in [5, 5.41) is 6.10. The molecule has 3 rings (SSSR count). The Hall–Kier alpha value is -2.80. The summed E-state index contributed by atoms with van der Waals surface area (Å²) in [5.74, 6) is 0.0513.